The number of ether oxygens (including phenoxy) is 1. The molecule has 1 saturated carbocycles. The van der Waals surface area contributed by atoms with Crippen LogP contribution in [0.5, 0.6) is 0 Å². The van der Waals surface area contributed by atoms with Gasteiger partial charge in [0.05, 0.1) is 6.61 Å². The molecule has 0 aromatic carbocycles. The van der Waals surface area contributed by atoms with E-state index in [0.29, 0.717) is 12.6 Å². The molecule has 0 aromatic heterocycles. The van der Waals surface area contributed by atoms with Crippen molar-refractivity contribution < 1.29 is 9.53 Å². The van der Waals surface area contributed by atoms with Gasteiger partial charge in [0.2, 0.25) is 0 Å². The fourth-order valence-corrected chi connectivity index (χ4v) is 3.53. The van der Waals surface area contributed by atoms with Gasteiger partial charge in [-0.1, -0.05) is 33.6 Å². The van der Waals surface area contributed by atoms with Crippen LogP contribution in [0.25, 0.3) is 0 Å². The van der Waals surface area contributed by atoms with Crippen LogP contribution in [0.1, 0.15) is 59.8 Å². The number of nitrogens with one attached hydrogen (secondary N) is 1. The third-order valence-corrected chi connectivity index (χ3v) is 5.20. The van der Waals surface area contributed by atoms with Crippen molar-refractivity contribution in [1.82, 2.24) is 10.2 Å². The SMILES string of the molecule is CCOC(=O)C1(NC)CCC(N(CC)CC(CC)CC)C1. The van der Waals surface area contributed by atoms with Crippen molar-refractivity contribution in [2.45, 2.75) is 71.4 Å². The number of esters is 1. The molecule has 124 valence electrons. The first-order valence-electron chi connectivity index (χ1n) is 8.66. The van der Waals surface area contributed by atoms with E-state index in [9.17, 15) is 4.79 Å². The lowest BCUT2D eigenvalue weighted by molar-refractivity contribution is -0.151. The Kier molecular flexibility index (Phi) is 7.67. The molecule has 4 heteroatoms. The number of hydrogen-bond acceptors (Lipinski definition) is 4. The van der Waals surface area contributed by atoms with Crippen LogP contribution in [0.4, 0.5) is 0 Å². The maximum absolute atomic E-state index is 12.3. The number of hydrogen-bond donors (Lipinski definition) is 1. The number of carbonyl (C=O) groups excluding carboxylic acids is 1. The fraction of sp³-hybridized carbons (Fsp3) is 0.941. The van der Waals surface area contributed by atoms with Crippen molar-refractivity contribution in [3.63, 3.8) is 0 Å². The molecule has 0 amide bonds. The van der Waals surface area contributed by atoms with Gasteiger partial charge in [0.1, 0.15) is 5.54 Å². The molecule has 2 unspecified atom stereocenters. The van der Waals surface area contributed by atoms with E-state index in [1.807, 2.05) is 14.0 Å². The highest BCUT2D eigenvalue weighted by Crippen LogP contribution is 2.34. The maximum Gasteiger partial charge on any atom is 0.326 e. The molecule has 1 N–H and O–H groups in total. The predicted octanol–water partition coefficient (Wildman–Crippen LogP) is 2.82. The Balaban J connectivity index is 2.70. The molecule has 4 nitrogen and oxygen atoms in total. The minimum absolute atomic E-state index is 0.0754. The van der Waals surface area contributed by atoms with Crippen molar-refractivity contribution >= 4 is 5.97 Å². The van der Waals surface area contributed by atoms with Gasteiger partial charge in [-0.3, -0.25) is 4.79 Å². The molecule has 0 aliphatic heterocycles. The first kappa shape index (κ1) is 18.4. The Hall–Kier alpha value is -0.610. The zero-order valence-electron chi connectivity index (χ0n) is 14.6. The predicted molar refractivity (Wildman–Crippen MR) is 87.4 cm³/mol. The van der Waals surface area contributed by atoms with Gasteiger partial charge in [0.15, 0.2) is 0 Å². The Morgan fingerprint density at radius 2 is 2.00 bits per heavy atom. The van der Waals surface area contributed by atoms with E-state index in [0.717, 1.165) is 38.3 Å². The summed E-state index contributed by atoms with van der Waals surface area (Å²) in [4.78, 5) is 14.9. The molecular weight excluding hydrogens is 264 g/mol. The lowest BCUT2D eigenvalue weighted by Crippen LogP contribution is -2.50. The molecule has 0 saturated heterocycles. The summed E-state index contributed by atoms with van der Waals surface area (Å²) < 4.78 is 5.29. The van der Waals surface area contributed by atoms with E-state index in [4.69, 9.17) is 4.74 Å². The second kappa shape index (κ2) is 8.74. The Morgan fingerprint density at radius 1 is 1.33 bits per heavy atom. The summed E-state index contributed by atoms with van der Waals surface area (Å²) in [5, 5.41) is 3.25. The van der Waals surface area contributed by atoms with Crippen LogP contribution in [-0.2, 0) is 9.53 Å². The molecule has 0 bridgehead atoms. The standard InChI is InChI=1S/C17H34N2O2/c1-6-14(7-2)13-19(8-3)15-10-11-17(12-15,18-5)16(20)21-9-4/h14-15,18H,6-13H2,1-5H3. The summed E-state index contributed by atoms with van der Waals surface area (Å²) in [6.45, 7) is 11.3. The van der Waals surface area contributed by atoms with Gasteiger partial charge < -0.3 is 15.0 Å². The second-order valence-electron chi connectivity index (χ2n) is 6.22. The van der Waals surface area contributed by atoms with Gasteiger partial charge in [0, 0.05) is 12.6 Å². The van der Waals surface area contributed by atoms with Gasteiger partial charge in [-0.15, -0.1) is 0 Å². The van der Waals surface area contributed by atoms with Crippen molar-refractivity contribution in [3.8, 4) is 0 Å². The van der Waals surface area contributed by atoms with Crippen LogP contribution in [0, 0.1) is 5.92 Å². The summed E-state index contributed by atoms with van der Waals surface area (Å²) in [7, 11) is 1.89. The maximum atomic E-state index is 12.3. The third-order valence-electron chi connectivity index (χ3n) is 5.20. The Labute approximate surface area is 130 Å². The minimum Gasteiger partial charge on any atom is -0.465 e. The van der Waals surface area contributed by atoms with Crippen molar-refractivity contribution in [2.24, 2.45) is 5.92 Å². The van der Waals surface area contributed by atoms with Crippen LogP contribution >= 0.6 is 0 Å². The van der Waals surface area contributed by atoms with E-state index in [1.165, 1.54) is 12.8 Å². The van der Waals surface area contributed by atoms with Crippen LogP contribution in [0.15, 0.2) is 0 Å². The summed E-state index contributed by atoms with van der Waals surface area (Å²) >= 11 is 0. The molecule has 1 aliphatic carbocycles. The van der Waals surface area contributed by atoms with Crippen LogP contribution in [-0.4, -0.2) is 49.2 Å². The van der Waals surface area contributed by atoms with Gasteiger partial charge in [-0.2, -0.15) is 0 Å². The highest BCUT2D eigenvalue weighted by Gasteiger charge is 2.46. The zero-order valence-corrected chi connectivity index (χ0v) is 14.6. The van der Waals surface area contributed by atoms with Gasteiger partial charge in [-0.25, -0.2) is 0 Å². The Morgan fingerprint density at radius 3 is 2.48 bits per heavy atom. The van der Waals surface area contributed by atoms with E-state index < -0.39 is 5.54 Å². The second-order valence-corrected chi connectivity index (χ2v) is 6.22. The summed E-state index contributed by atoms with van der Waals surface area (Å²) in [5.41, 5.74) is -0.470. The van der Waals surface area contributed by atoms with Crippen LogP contribution in [0.2, 0.25) is 0 Å². The number of rotatable bonds is 9. The number of carbonyl (C=O) groups is 1. The highest BCUT2D eigenvalue weighted by molar-refractivity contribution is 5.81. The highest BCUT2D eigenvalue weighted by atomic mass is 16.5. The first-order valence-corrected chi connectivity index (χ1v) is 8.66. The molecular formula is C17H34N2O2. The molecule has 0 aromatic rings. The number of nitrogens with zero attached hydrogens (tertiary/aromatic N) is 1. The largest absolute Gasteiger partial charge is 0.465 e. The van der Waals surface area contributed by atoms with E-state index >= 15 is 0 Å². The molecule has 0 spiro atoms. The third kappa shape index (κ3) is 4.43. The van der Waals surface area contributed by atoms with E-state index in [1.54, 1.807) is 0 Å². The van der Waals surface area contributed by atoms with E-state index in [2.05, 4.69) is 31.0 Å². The van der Waals surface area contributed by atoms with Gasteiger partial charge in [-0.05, 0) is 45.7 Å². The summed E-state index contributed by atoms with van der Waals surface area (Å²) in [6, 6.07) is 0.493. The molecule has 1 aliphatic rings. The van der Waals surface area contributed by atoms with Crippen molar-refractivity contribution in [3.05, 3.63) is 0 Å². The Bertz CT molecular complexity index is 318. The summed E-state index contributed by atoms with van der Waals surface area (Å²) in [6.07, 6.45) is 5.29. The average Bonchev–Trinajstić information content (AvgIpc) is 2.94. The lowest BCUT2D eigenvalue weighted by Gasteiger charge is -2.32. The van der Waals surface area contributed by atoms with Crippen LogP contribution in [0.3, 0.4) is 0 Å². The smallest absolute Gasteiger partial charge is 0.326 e. The molecule has 2 atom stereocenters. The van der Waals surface area contributed by atoms with Crippen LogP contribution < -0.4 is 5.32 Å². The van der Waals surface area contributed by atoms with Gasteiger partial charge in [0.25, 0.3) is 0 Å². The molecule has 1 rings (SSSR count). The molecule has 21 heavy (non-hydrogen) atoms. The molecule has 0 radical (unpaired) electrons. The van der Waals surface area contributed by atoms with Crippen molar-refractivity contribution in [2.75, 3.05) is 26.7 Å². The number of likely N-dealkylation sites (N-methyl/N-ethyl adjacent to an activating group) is 1. The topological polar surface area (TPSA) is 41.6 Å². The molecule has 0 heterocycles. The average molecular weight is 298 g/mol. The lowest BCUT2D eigenvalue weighted by atomic mass is 9.97. The monoisotopic (exact) mass is 298 g/mol. The molecule has 1 fully saturated rings. The quantitative estimate of drug-likeness (QED) is 0.665. The first-order chi connectivity index (χ1) is 10.1. The summed E-state index contributed by atoms with van der Waals surface area (Å²) in [5.74, 6) is 0.686. The normalized spacial score (nSPS) is 25.8. The minimum atomic E-state index is -0.470. The fourth-order valence-electron chi connectivity index (χ4n) is 3.53. The van der Waals surface area contributed by atoms with Gasteiger partial charge >= 0.3 is 5.97 Å². The zero-order chi connectivity index (χ0) is 15.9. The van der Waals surface area contributed by atoms with E-state index in [-0.39, 0.29) is 5.97 Å². The van der Waals surface area contributed by atoms with Crippen molar-refractivity contribution in [1.29, 1.82) is 0 Å².